The van der Waals surface area contributed by atoms with Crippen LogP contribution in [0.25, 0.3) is 22.2 Å². The molecule has 3 heterocycles. The molecule has 0 atom stereocenters. The normalized spacial score (nSPS) is 14.5. The van der Waals surface area contributed by atoms with Crippen molar-refractivity contribution >= 4 is 33.8 Å². The number of hydrogen-bond acceptors (Lipinski definition) is 8. The number of fused-ring (bicyclic) bond motifs is 1. The third kappa shape index (κ3) is 5.33. The van der Waals surface area contributed by atoms with Crippen LogP contribution in [0.5, 0.6) is 5.75 Å². The summed E-state index contributed by atoms with van der Waals surface area (Å²) >= 11 is 0. The standard InChI is InChI=1S/C27H32F2N8O/c1-30-21-12-22(25(38-27(28)29)14-24(21)37-9-7-19(8-10-37)35(2)3)34-26-13-20(31-16-32-26)17-5-6-23-18(11-17)15-33-36(23)4/h5-6,11-16,19,27,30H,7-10H2,1-4H3,(H,31,32,34). The van der Waals surface area contributed by atoms with E-state index in [1.165, 1.54) is 6.33 Å². The molecule has 1 saturated heterocycles. The predicted octanol–water partition coefficient (Wildman–Crippen LogP) is 4.95. The van der Waals surface area contributed by atoms with Crippen molar-refractivity contribution in [2.75, 3.05) is 49.8 Å². The van der Waals surface area contributed by atoms with E-state index < -0.39 is 6.61 Å². The second kappa shape index (κ2) is 10.8. The molecule has 0 spiro atoms. The number of aromatic nitrogens is 4. The van der Waals surface area contributed by atoms with Crippen LogP contribution in [-0.4, -0.2) is 71.5 Å². The zero-order valence-electron chi connectivity index (χ0n) is 21.9. The van der Waals surface area contributed by atoms with Crippen molar-refractivity contribution in [2.24, 2.45) is 7.05 Å². The number of anilines is 4. The summed E-state index contributed by atoms with van der Waals surface area (Å²) < 4.78 is 33.6. The monoisotopic (exact) mass is 522 g/mol. The van der Waals surface area contributed by atoms with Gasteiger partial charge >= 0.3 is 6.61 Å². The number of halogens is 2. The Morgan fingerprint density at radius 1 is 1.05 bits per heavy atom. The first-order valence-electron chi connectivity index (χ1n) is 12.6. The van der Waals surface area contributed by atoms with E-state index in [9.17, 15) is 8.78 Å². The summed E-state index contributed by atoms with van der Waals surface area (Å²) in [5, 5.41) is 11.7. The van der Waals surface area contributed by atoms with E-state index in [1.807, 2.05) is 37.0 Å². The van der Waals surface area contributed by atoms with Crippen LogP contribution >= 0.6 is 0 Å². The fourth-order valence-electron chi connectivity index (χ4n) is 4.99. The maximum Gasteiger partial charge on any atom is 0.387 e. The fourth-order valence-corrected chi connectivity index (χ4v) is 4.99. The van der Waals surface area contributed by atoms with E-state index in [1.54, 1.807) is 24.4 Å². The van der Waals surface area contributed by atoms with Gasteiger partial charge in [-0.2, -0.15) is 13.9 Å². The Morgan fingerprint density at radius 2 is 1.84 bits per heavy atom. The number of ether oxygens (including phenoxy) is 1. The molecule has 0 amide bonds. The molecule has 2 N–H and O–H groups in total. The summed E-state index contributed by atoms with van der Waals surface area (Å²) in [6, 6.07) is 11.7. The smallest absolute Gasteiger partial charge is 0.387 e. The molecule has 38 heavy (non-hydrogen) atoms. The van der Waals surface area contributed by atoms with Crippen LogP contribution in [0.2, 0.25) is 0 Å². The molecule has 2 aromatic heterocycles. The SMILES string of the molecule is CNc1cc(Nc2cc(-c3ccc4c(cnn4C)c3)ncn2)c(OC(F)F)cc1N1CCC(N(C)C)CC1. The molecule has 4 aromatic rings. The summed E-state index contributed by atoms with van der Waals surface area (Å²) in [5.41, 5.74) is 4.63. The third-order valence-corrected chi connectivity index (χ3v) is 7.09. The number of benzene rings is 2. The van der Waals surface area contributed by atoms with E-state index in [4.69, 9.17) is 4.74 Å². The number of alkyl halides is 2. The summed E-state index contributed by atoms with van der Waals surface area (Å²) in [6.07, 6.45) is 5.24. The Kier molecular flexibility index (Phi) is 7.28. The highest BCUT2D eigenvalue weighted by Gasteiger charge is 2.24. The maximum atomic E-state index is 13.4. The maximum absolute atomic E-state index is 13.4. The minimum absolute atomic E-state index is 0.0562. The minimum atomic E-state index is -2.96. The van der Waals surface area contributed by atoms with Gasteiger partial charge in [0.1, 0.15) is 12.1 Å². The zero-order chi connectivity index (χ0) is 26.8. The fraction of sp³-hybridized carbons (Fsp3) is 0.370. The molecular weight excluding hydrogens is 490 g/mol. The molecule has 9 nitrogen and oxygen atoms in total. The van der Waals surface area contributed by atoms with Crippen molar-refractivity contribution in [2.45, 2.75) is 25.5 Å². The van der Waals surface area contributed by atoms with Gasteiger partial charge in [-0.3, -0.25) is 4.68 Å². The quantitative estimate of drug-likeness (QED) is 0.337. The second-order valence-electron chi connectivity index (χ2n) is 9.63. The Morgan fingerprint density at radius 3 is 2.55 bits per heavy atom. The molecule has 5 rings (SSSR count). The van der Waals surface area contributed by atoms with Crippen molar-refractivity contribution in [3.05, 3.63) is 48.9 Å². The number of hydrogen-bond donors (Lipinski definition) is 2. The van der Waals surface area contributed by atoms with Gasteiger partial charge in [-0.1, -0.05) is 6.07 Å². The molecule has 1 aliphatic rings. The first-order chi connectivity index (χ1) is 18.3. The second-order valence-corrected chi connectivity index (χ2v) is 9.63. The molecule has 1 fully saturated rings. The van der Waals surface area contributed by atoms with E-state index in [-0.39, 0.29) is 5.75 Å². The molecule has 1 aliphatic heterocycles. The van der Waals surface area contributed by atoms with Gasteiger partial charge in [0, 0.05) is 56.3 Å². The van der Waals surface area contributed by atoms with Crippen LogP contribution < -0.4 is 20.3 Å². The van der Waals surface area contributed by atoms with E-state index in [0.717, 1.165) is 53.8 Å². The Hall–Kier alpha value is -3.99. The minimum Gasteiger partial charge on any atom is -0.433 e. The Balaban J connectivity index is 1.44. The number of piperidine rings is 1. The Labute approximate surface area is 220 Å². The van der Waals surface area contributed by atoms with Crippen molar-refractivity contribution < 1.29 is 13.5 Å². The van der Waals surface area contributed by atoms with Crippen molar-refractivity contribution in [1.29, 1.82) is 0 Å². The number of aryl methyl sites for hydroxylation is 1. The molecule has 0 saturated carbocycles. The zero-order valence-corrected chi connectivity index (χ0v) is 21.9. The van der Waals surface area contributed by atoms with Crippen molar-refractivity contribution in [3.8, 4) is 17.0 Å². The highest BCUT2D eigenvalue weighted by Crippen LogP contribution is 2.40. The van der Waals surface area contributed by atoms with Gasteiger partial charge < -0.3 is 25.2 Å². The lowest BCUT2D eigenvalue weighted by Gasteiger charge is -2.37. The molecule has 0 aliphatic carbocycles. The van der Waals surface area contributed by atoms with Gasteiger partial charge in [0.05, 0.1) is 34.5 Å². The van der Waals surface area contributed by atoms with Crippen molar-refractivity contribution in [3.63, 3.8) is 0 Å². The summed E-state index contributed by atoms with van der Waals surface area (Å²) in [4.78, 5) is 13.2. The lowest BCUT2D eigenvalue weighted by atomic mass is 10.0. The number of nitrogens with zero attached hydrogens (tertiary/aromatic N) is 6. The van der Waals surface area contributed by atoms with Gasteiger partial charge in [0.2, 0.25) is 0 Å². The molecule has 0 radical (unpaired) electrons. The third-order valence-electron chi connectivity index (χ3n) is 7.09. The van der Waals surface area contributed by atoms with Crippen molar-refractivity contribution in [1.82, 2.24) is 24.6 Å². The van der Waals surface area contributed by atoms with E-state index >= 15 is 0 Å². The predicted molar refractivity (Wildman–Crippen MR) is 147 cm³/mol. The van der Waals surface area contributed by atoms with Crippen LogP contribution in [-0.2, 0) is 7.05 Å². The highest BCUT2D eigenvalue weighted by molar-refractivity contribution is 5.85. The lowest BCUT2D eigenvalue weighted by molar-refractivity contribution is -0.0493. The van der Waals surface area contributed by atoms with Crippen LogP contribution in [0, 0.1) is 0 Å². The number of nitrogens with one attached hydrogen (secondary N) is 2. The van der Waals surface area contributed by atoms with Crippen LogP contribution in [0.3, 0.4) is 0 Å². The van der Waals surface area contributed by atoms with E-state index in [2.05, 4.69) is 49.6 Å². The molecule has 0 bridgehead atoms. The average Bonchev–Trinajstić information content (AvgIpc) is 3.29. The van der Waals surface area contributed by atoms with Crippen LogP contribution in [0.15, 0.2) is 48.9 Å². The van der Waals surface area contributed by atoms with E-state index in [0.29, 0.717) is 23.2 Å². The average molecular weight is 523 g/mol. The first-order valence-corrected chi connectivity index (χ1v) is 12.6. The molecule has 11 heteroatoms. The molecular formula is C27H32F2N8O. The largest absolute Gasteiger partial charge is 0.433 e. The molecule has 2 aromatic carbocycles. The van der Waals surface area contributed by atoms with Gasteiger partial charge in [-0.05, 0) is 45.1 Å². The van der Waals surface area contributed by atoms with Gasteiger partial charge in [-0.15, -0.1) is 0 Å². The summed E-state index contributed by atoms with van der Waals surface area (Å²) in [6.45, 7) is -1.31. The summed E-state index contributed by atoms with van der Waals surface area (Å²) in [7, 11) is 7.89. The topological polar surface area (TPSA) is 83.4 Å². The number of rotatable bonds is 8. The van der Waals surface area contributed by atoms with Gasteiger partial charge in [0.15, 0.2) is 5.75 Å². The molecule has 0 unspecified atom stereocenters. The summed E-state index contributed by atoms with van der Waals surface area (Å²) in [5.74, 6) is 0.516. The van der Waals surface area contributed by atoms with Crippen LogP contribution in [0.4, 0.5) is 31.7 Å². The first kappa shape index (κ1) is 25.7. The molecule has 200 valence electrons. The van der Waals surface area contributed by atoms with Crippen LogP contribution in [0.1, 0.15) is 12.8 Å². The van der Waals surface area contributed by atoms with Gasteiger partial charge in [0.25, 0.3) is 0 Å². The lowest BCUT2D eigenvalue weighted by Crippen LogP contribution is -2.42. The highest BCUT2D eigenvalue weighted by atomic mass is 19.3. The van der Waals surface area contributed by atoms with Gasteiger partial charge in [-0.25, -0.2) is 9.97 Å². The Bertz CT molecular complexity index is 1420.